The molecule has 0 atom stereocenters. The smallest absolute Gasteiger partial charge is 0.380 e. The molecule has 24 heavy (non-hydrogen) atoms. The van der Waals surface area contributed by atoms with Crippen molar-refractivity contribution in [3.8, 4) is 15.5 Å². The lowest BCUT2D eigenvalue weighted by atomic mass is 10.0. The molecule has 0 bridgehead atoms. The first-order valence-corrected chi connectivity index (χ1v) is 7.54. The zero-order chi connectivity index (χ0) is 17.8. The molecule has 3 rings (SSSR count). The molecular formula is C16H10F6OS. The molecule has 1 aliphatic rings. The van der Waals surface area contributed by atoms with Crippen molar-refractivity contribution in [3.05, 3.63) is 48.0 Å². The third-order valence-electron chi connectivity index (χ3n) is 3.71. The fourth-order valence-electron chi connectivity index (χ4n) is 2.45. The van der Waals surface area contributed by atoms with Gasteiger partial charge in [-0.25, -0.2) is 0 Å². The van der Waals surface area contributed by atoms with Gasteiger partial charge in [-0.1, -0.05) is 41.7 Å². The van der Waals surface area contributed by atoms with Crippen LogP contribution in [0.2, 0.25) is 0 Å². The maximum atomic E-state index is 13.9. The molecule has 1 aliphatic carbocycles. The Morgan fingerprint density at radius 2 is 1.58 bits per heavy atom. The summed E-state index contributed by atoms with van der Waals surface area (Å²) in [7, 11) is 1.16. The first-order chi connectivity index (χ1) is 11.1. The molecule has 8 heteroatoms. The SMILES string of the molecule is COc1sc(-c2ccccc2)cc1C1=CC(F)(F)C(F)(F)C1(F)F. The second-order valence-corrected chi connectivity index (χ2v) is 6.23. The second-order valence-electron chi connectivity index (χ2n) is 5.21. The number of hydrogen-bond donors (Lipinski definition) is 0. The van der Waals surface area contributed by atoms with Gasteiger partial charge in [0.25, 0.3) is 0 Å². The van der Waals surface area contributed by atoms with Crippen molar-refractivity contribution >= 4 is 16.9 Å². The first-order valence-electron chi connectivity index (χ1n) is 6.72. The summed E-state index contributed by atoms with van der Waals surface area (Å²) in [6.45, 7) is 0. The Kier molecular flexibility index (Phi) is 3.71. The second kappa shape index (κ2) is 5.27. The van der Waals surface area contributed by atoms with Crippen LogP contribution in [0.1, 0.15) is 5.56 Å². The molecule has 128 valence electrons. The summed E-state index contributed by atoms with van der Waals surface area (Å²) in [5.74, 6) is -15.4. The summed E-state index contributed by atoms with van der Waals surface area (Å²) in [5, 5.41) is -0.131. The van der Waals surface area contributed by atoms with E-state index in [-0.39, 0.29) is 11.1 Å². The van der Waals surface area contributed by atoms with Gasteiger partial charge in [0.2, 0.25) is 0 Å². The van der Waals surface area contributed by atoms with Crippen LogP contribution in [-0.2, 0) is 0 Å². The topological polar surface area (TPSA) is 9.23 Å². The molecule has 1 aromatic carbocycles. The van der Waals surface area contributed by atoms with Gasteiger partial charge in [0.15, 0.2) is 5.06 Å². The van der Waals surface area contributed by atoms with Crippen LogP contribution in [0.3, 0.4) is 0 Å². The standard InChI is InChI=1S/C16H10F6OS/c1-23-13-10(7-12(24-13)9-5-3-2-4-6-9)11-8-14(17,18)16(21,22)15(11,19)20/h2-8H,1H3. The molecule has 0 saturated heterocycles. The van der Waals surface area contributed by atoms with Crippen LogP contribution in [-0.4, -0.2) is 24.9 Å². The Bertz CT molecular complexity index is 794. The van der Waals surface area contributed by atoms with Crippen LogP contribution in [0.25, 0.3) is 16.0 Å². The van der Waals surface area contributed by atoms with Crippen LogP contribution in [0, 0.1) is 0 Å². The molecule has 0 spiro atoms. The fourth-order valence-corrected chi connectivity index (χ4v) is 3.44. The summed E-state index contributed by atoms with van der Waals surface area (Å²) in [4.78, 5) is 0.442. The lowest BCUT2D eigenvalue weighted by molar-refractivity contribution is -0.257. The van der Waals surface area contributed by atoms with Crippen molar-refractivity contribution in [2.24, 2.45) is 0 Å². The molecule has 0 unspecified atom stereocenters. The van der Waals surface area contributed by atoms with Crippen molar-refractivity contribution in [1.29, 1.82) is 0 Å². The molecule has 0 amide bonds. The lowest BCUT2D eigenvalue weighted by Gasteiger charge is -2.25. The Labute approximate surface area is 137 Å². The predicted octanol–water partition coefficient (Wildman–Crippen LogP) is 5.73. The summed E-state index contributed by atoms with van der Waals surface area (Å²) in [6.07, 6.45) is -0.369. The minimum atomic E-state index is -5.49. The number of thiophene rings is 1. The van der Waals surface area contributed by atoms with Crippen molar-refractivity contribution in [3.63, 3.8) is 0 Å². The average molecular weight is 364 g/mol. The van der Waals surface area contributed by atoms with E-state index in [1.54, 1.807) is 30.3 Å². The number of hydrogen-bond acceptors (Lipinski definition) is 2. The third kappa shape index (κ3) is 2.23. The molecule has 1 heterocycles. The highest BCUT2D eigenvalue weighted by Crippen LogP contribution is 2.60. The highest BCUT2D eigenvalue weighted by Gasteiger charge is 2.77. The van der Waals surface area contributed by atoms with Gasteiger partial charge < -0.3 is 4.74 Å². The summed E-state index contributed by atoms with van der Waals surface area (Å²) >= 11 is 0.914. The first kappa shape index (κ1) is 16.9. The normalized spacial score (nSPS) is 20.7. The van der Waals surface area contributed by atoms with Gasteiger partial charge in [-0.3, -0.25) is 0 Å². The monoisotopic (exact) mass is 364 g/mol. The van der Waals surface area contributed by atoms with Crippen LogP contribution < -0.4 is 4.74 Å². The van der Waals surface area contributed by atoms with E-state index in [4.69, 9.17) is 4.74 Å². The van der Waals surface area contributed by atoms with E-state index in [0.717, 1.165) is 24.5 Å². The fraction of sp³-hybridized carbons (Fsp3) is 0.250. The minimum Gasteiger partial charge on any atom is -0.487 e. The molecule has 0 fully saturated rings. The number of ether oxygens (including phenoxy) is 1. The van der Waals surface area contributed by atoms with Crippen LogP contribution in [0.15, 0.2) is 42.5 Å². The van der Waals surface area contributed by atoms with Gasteiger partial charge in [0.05, 0.1) is 7.11 Å². The van der Waals surface area contributed by atoms with E-state index in [1.165, 1.54) is 0 Å². The number of methoxy groups -OCH3 is 1. The highest BCUT2D eigenvalue weighted by molar-refractivity contribution is 7.17. The van der Waals surface area contributed by atoms with Gasteiger partial charge in [-0.15, -0.1) is 0 Å². The Hall–Kier alpha value is -1.96. The van der Waals surface area contributed by atoms with Gasteiger partial charge in [0, 0.05) is 22.1 Å². The van der Waals surface area contributed by atoms with Crippen molar-refractivity contribution in [2.75, 3.05) is 7.11 Å². The van der Waals surface area contributed by atoms with Crippen molar-refractivity contribution in [2.45, 2.75) is 17.8 Å². The van der Waals surface area contributed by atoms with E-state index in [0.29, 0.717) is 10.4 Å². The van der Waals surface area contributed by atoms with Gasteiger partial charge in [-0.05, 0) is 11.6 Å². The van der Waals surface area contributed by atoms with E-state index < -0.39 is 28.9 Å². The molecule has 0 radical (unpaired) electrons. The van der Waals surface area contributed by atoms with E-state index in [9.17, 15) is 26.3 Å². The zero-order valence-electron chi connectivity index (χ0n) is 12.1. The molecule has 0 N–H and O–H groups in total. The number of alkyl halides is 6. The van der Waals surface area contributed by atoms with Crippen LogP contribution in [0.5, 0.6) is 5.06 Å². The molecule has 1 nitrogen and oxygen atoms in total. The average Bonchev–Trinajstić information content (AvgIpc) is 3.01. The summed E-state index contributed by atoms with van der Waals surface area (Å²) < 4.78 is 86.4. The van der Waals surface area contributed by atoms with Gasteiger partial charge >= 0.3 is 17.8 Å². The molecule has 2 aromatic rings. The highest BCUT2D eigenvalue weighted by atomic mass is 32.1. The number of rotatable bonds is 3. The van der Waals surface area contributed by atoms with Crippen LogP contribution >= 0.6 is 11.3 Å². The molecular weight excluding hydrogens is 354 g/mol. The Balaban J connectivity index is 2.15. The van der Waals surface area contributed by atoms with Gasteiger partial charge in [0.1, 0.15) is 0 Å². The lowest BCUT2D eigenvalue weighted by Crippen LogP contribution is -2.48. The van der Waals surface area contributed by atoms with E-state index in [1.807, 2.05) is 0 Å². The largest absolute Gasteiger partial charge is 0.487 e. The molecule has 0 saturated carbocycles. The molecule has 1 aromatic heterocycles. The number of benzene rings is 1. The predicted molar refractivity (Wildman–Crippen MR) is 79.1 cm³/mol. The van der Waals surface area contributed by atoms with Gasteiger partial charge in [-0.2, -0.15) is 26.3 Å². The van der Waals surface area contributed by atoms with E-state index >= 15 is 0 Å². The quantitative estimate of drug-likeness (QED) is 0.633. The van der Waals surface area contributed by atoms with Crippen LogP contribution in [0.4, 0.5) is 26.3 Å². The minimum absolute atomic E-state index is 0.131. The number of halogens is 6. The maximum absolute atomic E-state index is 13.9. The maximum Gasteiger partial charge on any atom is 0.380 e. The summed E-state index contributed by atoms with van der Waals surface area (Å²) in [5.41, 5.74) is -1.25. The van der Waals surface area contributed by atoms with Crippen molar-refractivity contribution in [1.82, 2.24) is 0 Å². The Morgan fingerprint density at radius 3 is 2.08 bits per heavy atom. The zero-order valence-corrected chi connectivity index (χ0v) is 12.9. The third-order valence-corrected chi connectivity index (χ3v) is 4.85. The Morgan fingerprint density at radius 1 is 0.958 bits per heavy atom. The molecule has 0 aliphatic heterocycles. The number of allylic oxidation sites excluding steroid dienone is 2. The van der Waals surface area contributed by atoms with E-state index in [2.05, 4.69) is 0 Å². The summed E-state index contributed by atoms with van der Waals surface area (Å²) in [6, 6.07) is 9.67. The van der Waals surface area contributed by atoms with Crippen molar-refractivity contribution < 1.29 is 31.1 Å².